The molecule has 4 aliphatic carbocycles. The molecule has 4 aliphatic rings. The van der Waals surface area contributed by atoms with Crippen LogP contribution in [-0.2, 0) is 9.53 Å². The molecular formula is C29H49ClO2. The molecule has 0 unspecified atom stereocenters. The second-order valence-corrected chi connectivity index (χ2v) is 14.0. The van der Waals surface area contributed by atoms with Gasteiger partial charge in [-0.2, -0.15) is 0 Å². The summed E-state index contributed by atoms with van der Waals surface area (Å²) in [4.78, 5) is 11.4. The zero-order chi connectivity index (χ0) is 23.3. The van der Waals surface area contributed by atoms with E-state index in [1.807, 2.05) is 0 Å². The van der Waals surface area contributed by atoms with Gasteiger partial charge in [-0.05, 0) is 97.7 Å². The molecule has 9 atom stereocenters. The third kappa shape index (κ3) is 4.18. The molecule has 3 heteroatoms. The number of rotatable bonds is 6. The first-order valence-electron chi connectivity index (χ1n) is 13.9. The number of hydrogen-bond acceptors (Lipinski definition) is 2. The van der Waals surface area contributed by atoms with E-state index in [1.165, 1.54) is 58.3 Å². The number of alkyl halides is 1. The maximum Gasteiger partial charge on any atom is 0.302 e. The largest absolute Gasteiger partial charge is 0.462 e. The molecule has 32 heavy (non-hydrogen) atoms. The fourth-order valence-electron chi connectivity index (χ4n) is 9.52. The third-order valence-electron chi connectivity index (χ3n) is 11.2. The van der Waals surface area contributed by atoms with Crippen molar-refractivity contribution in [1.82, 2.24) is 0 Å². The van der Waals surface area contributed by atoms with Gasteiger partial charge in [-0.25, -0.2) is 0 Å². The molecule has 0 heterocycles. The van der Waals surface area contributed by atoms with Gasteiger partial charge in [0.25, 0.3) is 0 Å². The van der Waals surface area contributed by atoms with Crippen LogP contribution in [0.5, 0.6) is 0 Å². The Kier molecular flexibility index (Phi) is 7.06. The van der Waals surface area contributed by atoms with Gasteiger partial charge in [0.05, 0.1) is 4.87 Å². The molecule has 0 aromatic heterocycles. The fourth-order valence-corrected chi connectivity index (χ4v) is 10.0. The van der Waals surface area contributed by atoms with Crippen LogP contribution in [0.4, 0.5) is 0 Å². The summed E-state index contributed by atoms with van der Waals surface area (Å²) in [6.45, 7) is 14.0. The Labute approximate surface area is 203 Å². The highest BCUT2D eigenvalue weighted by Gasteiger charge is 2.64. The van der Waals surface area contributed by atoms with Gasteiger partial charge in [-0.15, -0.1) is 11.6 Å². The Hall–Kier alpha value is -0.240. The highest BCUT2D eigenvalue weighted by Crippen LogP contribution is 2.70. The molecule has 4 rings (SSSR count). The number of ether oxygens (including phenoxy) is 1. The van der Waals surface area contributed by atoms with E-state index in [2.05, 4.69) is 34.6 Å². The van der Waals surface area contributed by atoms with Crippen LogP contribution in [0.3, 0.4) is 0 Å². The predicted molar refractivity (Wildman–Crippen MR) is 134 cm³/mol. The lowest BCUT2D eigenvalue weighted by Gasteiger charge is -2.64. The minimum atomic E-state index is -0.192. The Morgan fingerprint density at radius 1 is 0.969 bits per heavy atom. The van der Waals surface area contributed by atoms with Crippen LogP contribution in [0.1, 0.15) is 119 Å². The van der Waals surface area contributed by atoms with Crippen LogP contribution >= 0.6 is 11.6 Å². The maximum absolute atomic E-state index is 11.6. The molecule has 4 saturated carbocycles. The molecule has 0 aromatic carbocycles. The molecular weight excluding hydrogens is 416 g/mol. The van der Waals surface area contributed by atoms with Crippen molar-refractivity contribution in [3.8, 4) is 0 Å². The van der Waals surface area contributed by atoms with E-state index in [0.717, 1.165) is 61.2 Å². The number of carbonyl (C=O) groups is 1. The normalized spacial score (nSPS) is 46.8. The number of carbonyl (C=O) groups excluding carboxylic acids is 1. The van der Waals surface area contributed by atoms with Crippen LogP contribution in [-0.4, -0.2) is 16.9 Å². The van der Waals surface area contributed by atoms with Gasteiger partial charge in [-0.3, -0.25) is 4.79 Å². The minimum Gasteiger partial charge on any atom is -0.462 e. The van der Waals surface area contributed by atoms with Crippen LogP contribution in [0.2, 0.25) is 0 Å². The highest BCUT2D eigenvalue weighted by molar-refractivity contribution is 6.24. The summed E-state index contributed by atoms with van der Waals surface area (Å²) in [7, 11) is 0. The highest BCUT2D eigenvalue weighted by atomic mass is 35.5. The zero-order valence-corrected chi connectivity index (χ0v) is 22.5. The van der Waals surface area contributed by atoms with Crippen molar-refractivity contribution < 1.29 is 9.53 Å². The van der Waals surface area contributed by atoms with E-state index >= 15 is 0 Å². The summed E-state index contributed by atoms with van der Waals surface area (Å²) in [5.74, 6) is 4.95. The topological polar surface area (TPSA) is 26.3 Å². The third-order valence-corrected chi connectivity index (χ3v) is 12.0. The quantitative estimate of drug-likeness (QED) is 0.291. The van der Waals surface area contributed by atoms with Crippen LogP contribution in [0, 0.1) is 46.3 Å². The molecule has 0 aliphatic heterocycles. The molecule has 0 spiro atoms. The SMILES string of the molecule is CC(=O)O[C@@H]1CC[C@]2(C)[C@H]3CC[C@]4(C)[C@@H]([C@@H](C)CCCC(C)C)CC[C@H]4[C@@H]3CC[C@@]2(Cl)C1. The van der Waals surface area contributed by atoms with Crippen molar-refractivity contribution in [3.05, 3.63) is 0 Å². The Morgan fingerprint density at radius 3 is 2.41 bits per heavy atom. The van der Waals surface area contributed by atoms with Crippen molar-refractivity contribution in [2.75, 3.05) is 0 Å². The molecule has 0 saturated heterocycles. The van der Waals surface area contributed by atoms with E-state index in [0.29, 0.717) is 5.41 Å². The monoisotopic (exact) mass is 464 g/mol. The Balaban J connectivity index is 1.47. The molecule has 4 fully saturated rings. The summed E-state index contributed by atoms with van der Waals surface area (Å²) < 4.78 is 5.64. The van der Waals surface area contributed by atoms with Gasteiger partial charge >= 0.3 is 5.97 Å². The summed E-state index contributed by atoms with van der Waals surface area (Å²) in [6, 6.07) is 0. The average Bonchev–Trinajstić information content (AvgIpc) is 3.05. The van der Waals surface area contributed by atoms with Gasteiger partial charge in [-0.1, -0.05) is 53.9 Å². The maximum atomic E-state index is 11.6. The first-order valence-corrected chi connectivity index (χ1v) is 14.2. The van der Waals surface area contributed by atoms with Gasteiger partial charge < -0.3 is 4.74 Å². The van der Waals surface area contributed by atoms with E-state index in [-0.39, 0.29) is 22.4 Å². The number of hydrogen-bond donors (Lipinski definition) is 0. The lowest BCUT2D eigenvalue weighted by atomic mass is 9.44. The molecule has 0 radical (unpaired) electrons. The standard InChI is InChI=1S/C29H49ClO2/c1-19(2)8-7-9-20(3)24-10-11-25-23-13-17-29(30)18-22(32-21(4)31)12-16-28(29,6)26(23)14-15-27(24,25)5/h19-20,22-26H,7-18H2,1-6H3/t20-,22+,23-,24+,25-,26-,27+,28+,29+/m0/s1. The van der Waals surface area contributed by atoms with Gasteiger partial charge in [0.2, 0.25) is 0 Å². The van der Waals surface area contributed by atoms with Crippen molar-refractivity contribution in [2.24, 2.45) is 46.3 Å². The molecule has 0 aromatic rings. The second kappa shape index (κ2) is 9.09. The first kappa shape index (κ1) is 24.9. The van der Waals surface area contributed by atoms with Crippen LogP contribution in [0.25, 0.3) is 0 Å². The molecule has 0 N–H and O–H groups in total. The van der Waals surface area contributed by atoms with Crippen molar-refractivity contribution >= 4 is 17.6 Å². The summed E-state index contributed by atoms with van der Waals surface area (Å²) in [6.07, 6.45) is 15.2. The number of fused-ring (bicyclic) bond motifs is 5. The number of esters is 1. The van der Waals surface area contributed by atoms with Crippen LogP contribution < -0.4 is 0 Å². The minimum absolute atomic E-state index is 0.0195. The molecule has 2 nitrogen and oxygen atoms in total. The fraction of sp³-hybridized carbons (Fsp3) is 0.966. The lowest BCUT2D eigenvalue weighted by Crippen LogP contribution is -2.60. The van der Waals surface area contributed by atoms with Crippen LogP contribution in [0.15, 0.2) is 0 Å². The van der Waals surface area contributed by atoms with Gasteiger partial charge in [0, 0.05) is 13.3 Å². The summed E-state index contributed by atoms with van der Waals surface area (Å²) in [5, 5.41) is 0. The summed E-state index contributed by atoms with van der Waals surface area (Å²) in [5.41, 5.74) is 0.729. The smallest absolute Gasteiger partial charge is 0.302 e. The Bertz CT molecular complexity index is 691. The number of halogens is 1. The Morgan fingerprint density at radius 2 is 1.72 bits per heavy atom. The van der Waals surface area contributed by atoms with E-state index in [4.69, 9.17) is 16.3 Å². The van der Waals surface area contributed by atoms with Crippen molar-refractivity contribution in [3.63, 3.8) is 0 Å². The molecule has 0 amide bonds. The zero-order valence-electron chi connectivity index (χ0n) is 21.7. The first-order chi connectivity index (χ1) is 15.0. The molecule has 184 valence electrons. The van der Waals surface area contributed by atoms with E-state index < -0.39 is 0 Å². The van der Waals surface area contributed by atoms with Gasteiger partial charge in [0.15, 0.2) is 0 Å². The predicted octanol–water partition coefficient (Wildman–Crippen LogP) is 8.40. The molecule has 0 bridgehead atoms. The van der Waals surface area contributed by atoms with Crippen molar-refractivity contribution in [1.29, 1.82) is 0 Å². The van der Waals surface area contributed by atoms with E-state index in [9.17, 15) is 4.79 Å². The van der Waals surface area contributed by atoms with Crippen molar-refractivity contribution in [2.45, 2.75) is 130 Å². The lowest BCUT2D eigenvalue weighted by molar-refractivity contribution is -0.157. The van der Waals surface area contributed by atoms with E-state index in [1.54, 1.807) is 0 Å². The van der Waals surface area contributed by atoms with Gasteiger partial charge in [0.1, 0.15) is 6.10 Å². The second-order valence-electron chi connectivity index (χ2n) is 13.3. The average molecular weight is 465 g/mol. The summed E-state index contributed by atoms with van der Waals surface area (Å²) >= 11 is 7.46.